The molecule has 0 atom stereocenters. The van der Waals surface area contributed by atoms with Gasteiger partial charge in [0.15, 0.2) is 0 Å². The van der Waals surface area contributed by atoms with Gasteiger partial charge in [0, 0.05) is 35.8 Å². The molecule has 118 valence electrons. The summed E-state index contributed by atoms with van der Waals surface area (Å²) in [4.78, 5) is 4.75. The van der Waals surface area contributed by atoms with Crippen molar-refractivity contribution in [1.29, 1.82) is 0 Å². The Hall–Kier alpha value is -0.580. The molecule has 0 heterocycles. The average molecular weight is 354 g/mol. The summed E-state index contributed by atoms with van der Waals surface area (Å²) in [6.07, 6.45) is 3.87. The molecule has 1 N–H and O–H groups in total. The van der Waals surface area contributed by atoms with E-state index in [9.17, 15) is 0 Å². The van der Waals surface area contributed by atoms with Crippen molar-refractivity contribution < 1.29 is 0 Å². The predicted octanol–water partition coefficient (Wildman–Crippen LogP) is 3.48. The van der Waals surface area contributed by atoms with Crippen molar-refractivity contribution in [3.05, 3.63) is 28.2 Å². The minimum Gasteiger partial charge on any atom is -0.372 e. The fourth-order valence-electron chi connectivity index (χ4n) is 2.57. The highest BCUT2D eigenvalue weighted by Gasteiger charge is 2.21. The van der Waals surface area contributed by atoms with Gasteiger partial charge in [-0.1, -0.05) is 15.9 Å². The van der Waals surface area contributed by atoms with E-state index in [4.69, 9.17) is 0 Å². The third-order valence-corrected chi connectivity index (χ3v) is 4.45. The number of nitrogens with one attached hydrogen (secondary N) is 1. The van der Waals surface area contributed by atoms with E-state index >= 15 is 0 Å². The van der Waals surface area contributed by atoms with E-state index in [-0.39, 0.29) is 0 Å². The molecule has 1 aromatic carbocycles. The Morgan fingerprint density at radius 3 is 2.62 bits per heavy atom. The van der Waals surface area contributed by atoms with Crippen LogP contribution in [0, 0.1) is 0 Å². The molecule has 1 aromatic rings. The first-order valence-corrected chi connectivity index (χ1v) is 8.81. The second kappa shape index (κ2) is 8.16. The van der Waals surface area contributed by atoms with E-state index in [0.717, 1.165) is 32.2 Å². The van der Waals surface area contributed by atoms with Crippen LogP contribution in [0.1, 0.15) is 31.7 Å². The topological polar surface area (TPSA) is 18.5 Å². The highest BCUT2D eigenvalue weighted by atomic mass is 79.9. The highest BCUT2D eigenvalue weighted by molar-refractivity contribution is 9.10. The Morgan fingerprint density at radius 2 is 2.00 bits per heavy atom. The van der Waals surface area contributed by atoms with Gasteiger partial charge in [0.25, 0.3) is 0 Å². The summed E-state index contributed by atoms with van der Waals surface area (Å²) in [6, 6.07) is 7.43. The van der Waals surface area contributed by atoms with Crippen LogP contribution in [-0.4, -0.2) is 44.7 Å². The third kappa shape index (κ3) is 5.61. The van der Waals surface area contributed by atoms with Gasteiger partial charge >= 0.3 is 0 Å². The van der Waals surface area contributed by atoms with Crippen LogP contribution in [0.25, 0.3) is 0 Å². The first-order chi connectivity index (χ1) is 10.1. The van der Waals surface area contributed by atoms with Crippen LogP contribution < -0.4 is 10.2 Å². The number of hydrogen-bond donors (Lipinski definition) is 1. The molecule has 1 fully saturated rings. The Balaban J connectivity index is 2.02. The van der Waals surface area contributed by atoms with E-state index in [2.05, 4.69) is 70.3 Å². The number of halogens is 1. The van der Waals surface area contributed by atoms with E-state index in [1.165, 1.54) is 35.0 Å². The van der Waals surface area contributed by atoms with Gasteiger partial charge in [0.2, 0.25) is 0 Å². The fraction of sp³-hybridized carbons (Fsp3) is 0.647. The smallest absolute Gasteiger partial charge is 0.0412 e. The zero-order valence-corrected chi connectivity index (χ0v) is 15.1. The lowest BCUT2D eigenvalue weighted by Gasteiger charge is -2.27. The van der Waals surface area contributed by atoms with Gasteiger partial charge < -0.3 is 15.1 Å². The normalized spacial score (nSPS) is 14.7. The lowest BCUT2D eigenvalue weighted by molar-refractivity contribution is 0.400. The first-order valence-electron chi connectivity index (χ1n) is 8.01. The molecule has 4 heteroatoms. The van der Waals surface area contributed by atoms with Gasteiger partial charge in [-0.15, -0.1) is 0 Å². The molecule has 1 saturated carbocycles. The SMILES string of the molecule is CCN(CCCN(C)C)c1ccc(Br)cc1CNC1CC1. The van der Waals surface area contributed by atoms with E-state index in [1.807, 2.05) is 0 Å². The maximum Gasteiger partial charge on any atom is 0.0412 e. The summed E-state index contributed by atoms with van der Waals surface area (Å²) in [5, 5.41) is 3.64. The minimum absolute atomic E-state index is 0.751. The third-order valence-electron chi connectivity index (χ3n) is 3.96. The highest BCUT2D eigenvalue weighted by Crippen LogP contribution is 2.26. The minimum atomic E-state index is 0.751. The summed E-state index contributed by atoms with van der Waals surface area (Å²) < 4.78 is 1.17. The van der Waals surface area contributed by atoms with Crippen LogP contribution in [-0.2, 0) is 6.54 Å². The molecule has 0 spiro atoms. The molecular formula is C17H28BrN3. The Bertz CT molecular complexity index is 444. The van der Waals surface area contributed by atoms with Crippen molar-refractivity contribution in [3.63, 3.8) is 0 Å². The zero-order valence-electron chi connectivity index (χ0n) is 13.5. The molecule has 0 unspecified atom stereocenters. The first kappa shape index (κ1) is 16.8. The molecule has 21 heavy (non-hydrogen) atoms. The summed E-state index contributed by atoms with van der Waals surface area (Å²) in [6.45, 7) is 6.54. The molecule has 1 aliphatic carbocycles. The average Bonchev–Trinajstić information content (AvgIpc) is 3.26. The summed E-state index contributed by atoms with van der Waals surface area (Å²) in [5.41, 5.74) is 2.79. The van der Waals surface area contributed by atoms with E-state index in [1.54, 1.807) is 0 Å². The van der Waals surface area contributed by atoms with Crippen LogP contribution in [0.5, 0.6) is 0 Å². The molecular weight excluding hydrogens is 326 g/mol. The van der Waals surface area contributed by atoms with Gasteiger partial charge in [-0.2, -0.15) is 0 Å². The van der Waals surface area contributed by atoms with Crippen molar-refractivity contribution in [1.82, 2.24) is 10.2 Å². The van der Waals surface area contributed by atoms with Crippen molar-refractivity contribution >= 4 is 21.6 Å². The van der Waals surface area contributed by atoms with Crippen molar-refractivity contribution in [2.45, 2.75) is 38.8 Å². The number of nitrogens with zero attached hydrogens (tertiary/aromatic N) is 2. The molecule has 0 amide bonds. The van der Waals surface area contributed by atoms with Gasteiger partial charge in [-0.05, 0) is 70.6 Å². The van der Waals surface area contributed by atoms with Crippen LogP contribution in [0.15, 0.2) is 22.7 Å². The van der Waals surface area contributed by atoms with Crippen LogP contribution in [0.4, 0.5) is 5.69 Å². The van der Waals surface area contributed by atoms with E-state index < -0.39 is 0 Å². The van der Waals surface area contributed by atoms with Crippen molar-refractivity contribution in [2.24, 2.45) is 0 Å². The van der Waals surface area contributed by atoms with Crippen LogP contribution in [0.2, 0.25) is 0 Å². The standard InChI is InChI=1S/C17H28BrN3/c1-4-21(11-5-10-20(2)3)17-9-6-15(18)12-14(17)13-19-16-7-8-16/h6,9,12,16,19H,4-5,7-8,10-11,13H2,1-3H3. The maximum atomic E-state index is 3.64. The molecule has 0 aliphatic heterocycles. The van der Waals surface area contributed by atoms with Crippen molar-refractivity contribution in [2.75, 3.05) is 38.6 Å². The van der Waals surface area contributed by atoms with Gasteiger partial charge in [0.05, 0.1) is 0 Å². The quantitative estimate of drug-likeness (QED) is 0.733. The van der Waals surface area contributed by atoms with Gasteiger partial charge in [-0.25, -0.2) is 0 Å². The summed E-state index contributed by atoms with van der Waals surface area (Å²) in [7, 11) is 4.28. The predicted molar refractivity (Wildman–Crippen MR) is 95.1 cm³/mol. The van der Waals surface area contributed by atoms with Crippen LogP contribution >= 0.6 is 15.9 Å². The Morgan fingerprint density at radius 1 is 1.24 bits per heavy atom. The van der Waals surface area contributed by atoms with Gasteiger partial charge in [-0.3, -0.25) is 0 Å². The fourth-order valence-corrected chi connectivity index (χ4v) is 2.98. The molecule has 3 nitrogen and oxygen atoms in total. The Labute approximate surface area is 137 Å². The number of rotatable bonds is 9. The Kier molecular flexibility index (Phi) is 6.52. The largest absolute Gasteiger partial charge is 0.372 e. The van der Waals surface area contributed by atoms with E-state index in [0.29, 0.717) is 0 Å². The number of anilines is 1. The maximum absolute atomic E-state index is 3.64. The number of benzene rings is 1. The van der Waals surface area contributed by atoms with Crippen molar-refractivity contribution in [3.8, 4) is 0 Å². The molecule has 0 radical (unpaired) electrons. The lowest BCUT2D eigenvalue weighted by Crippen LogP contribution is -2.28. The molecule has 2 rings (SSSR count). The zero-order chi connectivity index (χ0) is 15.2. The molecule has 0 aromatic heterocycles. The second-order valence-corrected chi connectivity index (χ2v) is 7.08. The second-order valence-electron chi connectivity index (χ2n) is 6.16. The number of hydrogen-bond acceptors (Lipinski definition) is 3. The molecule has 1 aliphatic rings. The summed E-state index contributed by atoms with van der Waals surface area (Å²) >= 11 is 3.61. The molecule has 0 bridgehead atoms. The summed E-state index contributed by atoms with van der Waals surface area (Å²) in [5.74, 6) is 0. The monoisotopic (exact) mass is 353 g/mol. The lowest BCUT2D eigenvalue weighted by atomic mass is 10.1. The molecule has 0 saturated heterocycles. The van der Waals surface area contributed by atoms with Gasteiger partial charge in [0.1, 0.15) is 0 Å². The van der Waals surface area contributed by atoms with Crippen LogP contribution in [0.3, 0.4) is 0 Å².